The molecule has 2 aromatic carbocycles. The van der Waals surface area contributed by atoms with Gasteiger partial charge < -0.3 is 19.5 Å². The normalized spacial score (nSPS) is 20.8. The monoisotopic (exact) mass is 469 g/mol. The first-order chi connectivity index (χ1) is 16.0. The molecule has 174 valence electrons. The molecule has 33 heavy (non-hydrogen) atoms. The Morgan fingerprint density at radius 1 is 1.12 bits per heavy atom. The number of methoxy groups -OCH3 is 1. The Hall–Kier alpha value is -2.99. The molecule has 1 heterocycles. The maximum Gasteiger partial charge on any atom is 0.295 e. The van der Waals surface area contributed by atoms with E-state index in [9.17, 15) is 14.7 Å². The molecule has 1 atom stereocenters. The van der Waals surface area contributed by atoms with Crippen molar-refractivity contribution in [1.29, 1.82) is 0 Å². The quantitative estimate of drug-likeness (QED) is 0.343. The molecule has 0 spiro atoms. The Morgan fingerprint density at radius 3 is 2.58 bits per heavy atom. The van der Waals surface area contributed by atoms with Crippen LogP contribution in [0, 0.1) is 0 Å². The first-order valence-electron chi connectivity index (χ1n) is 11.3. The average molecular weight is 470 g/mol. The first kappa shape index (κ1) is 23.2. The van der Waals surface area contributed by atoms with Crippen LogP contribution in [0.3, 0.4) is 0 Å². The number of benzene rings is 2. The van der Waals surface area contributed by atoms with Gasteiger partial charge in [-0.15, -0.1) is 0 Å². The highest BCUT2D eigenvalue weighted by Gasteiger charge is 2.49. The molecule has 6 nitrogen and oxygen atoms in total. The molecule has 0 bridgehead atoms. The summed E-state index contributed by atoms with van der Waals surface area (Å²) in [6.45, 7) is 2.39. The van der Waals surface area contributed by atoms with Crippen molar-refractivity contribution >= 4 is 29.1 Å². The zero-order valence-corrected chi connectivity index (χ0v) is 19.6. The van der Waals surface area contributed by atoms with Crippen LogP contribution in [0.4, 0.5) is 0 Å². The van der Waals surface area contributed by atoms with Gasteiger partial charge in [-0.2, -0.15) is 0 Å². The summed E-state index contributed by atoms with van der Waals surface area (Å²) < 4.78 is 10.9. The molecule has 0 aromatic heterocycles. The number of aliphatic hydroxyl groups excluding tert-OH is 1. The minimum absolute atomic E-state index is 0.0546. The maximum absolute atomic E-state index is 13.3. The second-order valence-corrected chi connectivity index (χ2v) is 8.76. The zero-order valence-electron chi connectivity index (χ0n) is 18.8. The topological polar surface area (TPSA) is 76.1 Å². The fourth-order valence-corrected chi connectivity index (χ4v) is 5.01. The van der Waals surface area contributed by atoms with Crippen LogP contribution in [0.15, 0.2) is 48.0 Å². The van der Waals surface area contributed by atoms with Crippen molar-refractivity contribution < 1.29 is 24.2 Å². The summed E-state index contributed by atoms with van der Waals surface area (Å²) in [5, 5.41) is 11.7. The molecule has 2 aromatic rings. The van der Waals surface area contributed by atoms with Crippen molar-refractivity contribution in [2.45, 2.75) is 51.1 Å². The molecule has 7 heteroatoms. The van der Waals surface area contributed by atoms with Gasteiger partial charge in [-0.3, -0.25) is 9.59 Å². The lowest BCUT2D eigenvalue weighted by Crippen LogP contribution is -2.40. The van der Waals surface area contributed by atoms with E-state index in [1.807, 2.05) is 31.2 Å². The van der Waals surface area contributed by atoms with Crippen LogP contribution in [0.25, 0.3) is 5.76 Å². The van der Waals surface area contributed by atoms with E-state index in [2.05, 4.69) is 0 Å². The number of ether oxygens (including phenoxy) is 2. The van der Waals surface area contributed by atoms with Gasteiger partial charge in [0, 0.05) is 11.6 Å². The van der Waals surface area contributed by atoms with Crippen molar-refractivity contribution in [3.63, 3.8) is 0 Å². The molecule has 4 rings (SSSR count). The summed E-state index contributed by atoms with van der Waals surface area (Å²) in [5.41, 5.74) is 1.17. The Labute approximate surface area is 198 Å². The number of nitrogens with zero attached hydrogens (tertiary/aromatic N) is 1. The van der Waals surface area contributed by atoms with E-state index in [1.54, 1.807) is 23.1 Å². The van der Waals surface area contributed by atoms with Crippen molar-refractivity contribution in [2.24, 2.45) is 0 Å². The third-order valence-electron chi connectivity index (χ3n) is 6.36. The standard InChI is InChI=1S/C26H28ClNO5/c1-3-33-19-11-7-8-16(14-19)23-22(24(29)17-12-13-20(27)21(15-17)32-2)25(30)26(31)28(23)18-9-5-4-6-10-18/h7-8,11-15,18,23,29H,3-6,9-10H2,1-2H3/b24-22-. The molecule has 1 amide bonds. The van der Waals surface area contributed by atoms with E-state index < -0.39 is 17.7 Å². The average Bonchev–Trinajstić information content (AvgIpc) is 3.10. The van der Waals surface area contributed by atoms with Crippen LogP contribution in [-0.2, 0) is 9.59 Å². The predicted octanol–water partition coefficient (Wildman–Crippen LogP) is 5.50. The summed E-state index contributed by atoms with van der Waals surface area (Å²) >= 11 is 6.14. The highest BCUT2D eigenvalue weighted by molar-refractivity contribution is 6.46. The number of carbonyl (C=O) groups is 2. The Bertz CT molecular complexity index is 1090. The second-order valence-electron chi connectivity index (χ2n) is 8.35. The van der Waals surface area contributed by atoms with E-state index in [-0.39, 0.29) is 17.4 Å². The van der Waals surface area contributed by atoms with Crippen molar-refractivity contribution in [1.82, 2.24) is 4.90 Å². The number of hydrogen-bond donors (Lipinski definition) is 1. The summed E-state index contributed by atoms with van der Waals surface area (Å²) in [6.07, 6.45) is 4.81. The van der Waals surface area contributed by atoms with Crippen molar-refractivity contribution in [3.8, 4) is 11.5 Å². The van der Waals surface area contributed by atoms with Gasteiger partial charge in [-0.05, 0) is 55.7 Å². The number of ketones is 1. The molecule has 1 unspecified atom stereocenters. The molecule has 2 aliphatic rings. The van der Waals surface area contributed by atoms with Gasteiger partial charge in [0.15, 0.2) is 0 Å². The van der Waals surface area contributed by atoms with Crippen molar-refractivity contribution in [2.75, 3.05) is 13.7 Å². The molecule has 1 aliphatic carbocycles. The van der Waals surface area contributed by atoms with E-state index in [4.69, 9.17) is 21.1 Å². The van der Waals surface area contributed by atoms with Crippen LogP contribution in [0.2, 0.25) is 5.02 Å². The molecule has 1 saturated heterocycles. The predicted molar refractivity (Wildman–Crippen MR) is 127 cm³/mol. The summed E-state index contributed by atoms with van der Waals surface area (Å²) in [4.78, 5) is 28.2. The molecule has 1 saturated carbocycles. The number of hydrogen-bond acceptors (Lipinski definition) is 5. The van der Waals surface area contributed by atoms with Gasteiger partial charge in [0.2, 0.25) is 0 Å². The minimum atomic E-state index is -0.699. The smallest absolute Gasteiger partial charge is 0.295 e. The SMILES string of the molecule is CCOc1cccc(C2/C(=C(/O)c3ccc(Cl)c(OC)c3)C(=O)C(=O)N2C2CCCCC2)c1. The number of amides is 1. The fraction of sp³-hybridized carbons (Fsp3) is 0.385. The number of likely N-dealkylation sites (tertiary alicyclic amines) is 1. The number of carbonyl (C=O) groups excluding carboxylic acids is 2. The van der Waals surface area contributed by atoms with Gasteiger partial charge >= 0.3 is 0 Å². The lowest BCUT2D eigenvalue weighted by Gasteiger charge is -2.35. The number of aliphatic hydroxyl groups is 1. The van der Waals surface area contributed by atoms with E-state index >= 15 is 0 Å². The van der Waals surface area contributed by atoms with Gasteiger partial charge in [0.25, 0.3) is 11.7 Å². The first-order valence-corrected chi connectivity index (χ1v) is 11.7. The Morgan fingerprint density at radius 2 is 1.88 bits per heavy atom. The molecule has 1 aliphatic heterocycles. The van der Waals surface area contributed by atoms with Gasteiger partial charge in [0.1, 0.15) is 17.3 Å². The molecule has 1 N–H and O–H groups in total. The fourth-order valence-electron chi connectivity index (χ4n) is 4.82. The minimum Gasteiger partial charge on any atom is -0.507 e. The van der Waals surface area contributed by atoms with Crippen LogP contribution >= 0.6 is 11.6 Å². The lowest BCUT2D eigenvalue weighted by atomic mass is 9.91. The Kier molecular flexibility index (Phi) is 6.94. The van der Waals surface area contributed by atoms with E-state index in [1.165, 1.54) is 7.11 Å². The van der Waals surface area contributed by atoms with Gasteiger partial charge in [-0.25, -0.2) is 0 Å². The molecular weight excluding hydrogens is 442 g/mol. The summed E-state index contributed by atoms with van der Waals surface area (Å²) in [6, 6.07) is 11.4. The zero-order chi connectivity index (χ0) is 23.5. The van der Waals surface area contributed by atoms with Gasteiger partial charge in [-0.1, -0.05) is 43.0 Å². The highest BCUT2D eigenvalue weighted by Crippen LogP contribution is 2.44. The molecule has 0 radical (unpaired) electrons. The summed E-state index contributed by atoms with van der Waals surface area (Å²) in [5.74, 6) is -0.474. The maximum atomic E-state index is 13.3. The van der Waals surface area contributed by atoms with E-state index in [0.717, 1.165) is 37.7 Å². The second kappa shape index (κ2) is 9.87. The number of rotatable bonds is 6. The number of Topliss-reactive ketones (excluding diaryl/α,β-unsaturated/α-hetero) is 1. The van der Waals surface area contributed by atoms with Gasteiger partial charge in [0.05, 0.1) is 30.4 Å². The van der Waals surface area contributed by atoms with Crippen LogP contribution < -0.4 is 9.47 Å². The highest BCUT2D eigenvalue weighted by atomic mass is 35.5. The summed E-state index contributed by atoms with van der Waals surface area (Å²) in [7, 11) is 1.48. The lowest BCUT2D eigenvalue weighted by molar-refractivity contribution is -0.141. The molecule has 2 fully saturated rings. The van der Waals surface area contributed by atoms with Crippen molar-refractivity contribution in [3.05, 3.63) is 64.2 Å². The van der Waals surface area contributed by atoms with Crippen LogP contribution in [-0.4, -0.2) is 41.5 Å². The third kappa shape index (κ3) is 4.44. The third-order valence-corrected chi connectivity index (χ3v) is 6.67. The van der Waals surface area contributed by atoms with Crippen LogP contribution in [0.5, 0.6) is 11.5 Å². The van der Waals surface area contributed by atoms with E-state index in [0.29, 0.717) is 28.7 Å². The van der Waals surface area contributed by atoms with Crippen LogP contribution in [0.1, 0.15) is 56.2 Å². The largest absolute Gasteiger partial charge is 0.507 e. The Balaban J connectivity index is 1.88. The molecular formula is C26H28ClNO5. The number of halogens is 1.